The number of nitrogens with zero attached hydrogens (tertiary/aromatic N) is 3. The number of aromatic amines is 1. The molecule has 0 radical (unpaired) electrons. The lowest BCUT2D eigenvalue weighted by Gasteiger charge is -2.08. The number of carbonyl (C=O) groups excluding carboxylic acids is 2. The van der Waals surface area contributed by atoms with Gasteiger partial charge in [-0.25, -0.2) is 14.8 Å². The van der Waals surface area contributed by atoms with Crippen molar-refractivity contribution in [1.82, 2.24) is 19.5 Å². The fourth-order valence-electron chi connectivity index (χ4n) is 3.36. The Kier molecular flexibility index (Phi) is 4.40. The number of benzene rings is 1. The van der Waals surface area contributed by atoms with E-state index in [-0.39, 0.29) is 28.5 Å². The number of amides is 2. The van der Waals surface area contributed by atoms with E-state index < -0.39 is 17.2 Å². The van der Waals surface area contributed by atoms with Crippen molar-refractivity contribution in [2.24, 2.45) is 0 Å². The quantitative estimate of drug-likeness (QED) is 0.448. The molecule has 0 saturated heterocycles. The monoisotopic (exact) mass is 436 g/mol. The van der Waals surface area contributed by atoms with Crippen LogP contribution in [0, 0.1) is 0 Å². The molecule has 156 valence electrons. The smallest absolute Gasteiger partial charge is 0.326 e. The summed E-state index contributed by atoms with van der Waals surface area (Å²) in [6.07, 6.45) is 3.05. The third-order valence-corrected chi connectivity index (χ3v) is 5.82. The van der Waals surface area contributed by atoms with Crippen molar-refractivity contribution in [3.63, 3.8) is 0 Å². The summed E-state index contributed by atoms with van der Waals surface area (Å²) in [6, 6.07) is 6.72. The summed E-state index contributed by atoms with van der Waals surface area (Å²) in [5.74, 6) is -0.651. The molecule has 11 heteroatoms. The molecule has 10 nitrogen and oxygen atoms in total. The zero-order valence-corrected chi connectivity index (χ0v) is 17.1. The summed E-state index contributed by atoms with van der Waals surface area (Å²) in [4.78, 5) is 59.3. The van der Waals surface area contributed by atoms with E-state index in [2.05, 4.69) is 25.6 Å². The lowest BCUT2D eigenvalue weighted by molar-refractivity contribution is -0.114. The molecular formula is C20H16N6O4S. The van der Waals surface area contributed by atoms with Crippen molar-refractivity contribution in [3.05, 3.63) is 56.9 Å². The van der Waals surface area contributed by atoms with Gasteiger partial charge in [0.15, 0.2) is 5.13 Å². The highest BCUT2D eigenvalue weighted by atomic mass is 32.1. The van der Waals surface area contributed by atoms with Gasteiger partial charge in [-0.15, -0.1) is 0 Å². The average molecular weight is 436 g/mol. The van der Waals surface area contributed by atoms with E-state index in [9.17, 15) is 19.2 Å². The Hall–Kier alpha value is -3.86. The average Bonchev–Trinajstić information content (AvgIpc) is 3.46. The first-order valence-electron chi connectivity index (χ1n) is 9.53. The van der Waals surface area contributed by atoms with Gasteiger partial charge in [0.25, 0.3) is 11.5 Å². The van der Waals surface area contributed by atoms with Crippen molar-refractivity contribution in [2.75, 3.05) is 10.6 Å². The first-order valence-corrected chi connectivity index (χ1v) is 10.3. The van der Waals surface area contributed by atoms with Crippen LogP contribution in [0.15, 0.2) is 40.1 Å². The SMILES string of the molecule is CC(=O)Nc1ccc2nc(NC(=O)c3cnc4c(c3)c(=O)[nH]c(=O)n4C3CC3)sc2c1. The van der Waals surface area contributed by atoms with E-state index in [1.165, 1.54) is 35.1 Å². The number of anilines is 2. The number of carbonyl (C=O) groups is 2. The number of pyridine rings is 1. The third kappa shape index (κ3) is 3.59. The molecule has 5 rings (SSSR count). The van der Waals surface area contributed by atoms with E-state index in [4.69, 9.17) is 0 Å². The number of hydrogen-bond donors (Lipinski definition) is 3. The minimum absolute atomic E-state index is 0.0316. The van der Waals surface area contributed by atoms with Gasteiger partial charge in [0.1, 0.15) is 5.65 Å². The maximum Gasteiger partial charge on any atom is 0.330 e. The van der Waals surface area contributed by atoms with Gasteiger partial charge in [-0.05, 0) is 37.1 Å². The zero-order chi connectivity index (χ0) is 21.7. The van der Waals surface area contributed by atoms with Crippen LogP contribution in [0.4, 0.5) is 10.8 Å². The number of hydrogen-bond acceptors (Lipinski definition) is 7. The fourth-order valence-corrected chi connectivity index (χ4v) is 4.26. The molecule has 3 aromatic heterocycles. The minimum Gasteiger partial charge on any atom is -0.326 e. The Labute approximate surface area is 178 Å². The largest absolute Gasteiger partial charge is 0.330 e. The van der Waals surface area contributed by atoms with Crippen LogP contribution >= 0.6 is 11.3 Å². The fraction of sp³-hybridized carbons (Fsp3) is 0.200. The van der Waals surface area contributed by atoms with Crippen LogP contribution in [0.25, 0.3) is 21.3 Å². The van der Waals surface area contributed by atoms with Gasteiger partial charge in [-0.2, -0.15) is 0 Å². The Morgan fingerprint density at radius 1 is 1.19 bits per heavy atom. The zero-order valence-electron chi connectivity index (χ0n) is 16.3. The van der Waals surface area contributed by atoms with Crippen molar-refractivity contribution in [2.45, 2.75) is 25.8 Å². The van der Waals surface area contributed by atoms with Gasteiger partial charge in [0.05, 0.1) is 21.2 Å². The lowest BCUT2D eigenvalue weighted by Crippen LogP contribution is -2.30. The van der Waals surface area contributed by atoms with Crippen LogP contribution in [-0.4, -0.2) is 31.3 Å². The van der Waals surface area contributed by atoms with Gasteiger partial charge in [-0.3, -0.25) is 29.3 Å². The molecule has 1 fully saturated rings. The highest BCUT2D eigenvalue weighted by molar-refractivity contribution is 7.22. The molecule has 0 aliphatic heterocycles. The van der Waals surface area contributed by atoms with E-state index in [1.807, 2.05) is 0 Å². The van der Waals surface area contributed by atoms with Crippen LogP contribution in [0.1, 0.15) is 36.2 Å². The van der Waals surface area contributed by atoms with E-state index in [1.54, 1.807) is 18.2 Å². The van der Waals surface area contributed by atoms with Gasteiger partial charge in [0, 0.05) is 24.8 Å². The van der Waals surface area contributed by atoms with E-state index >= 15 is 0 Å². The number of H-pyrrole nitrogens is 1. The van der Waals surface area contributed by atoms with E-state index in [0.717, 1.165) is 17.5 Å². The maximum atomic E-state index is 12.7. The molecule has 3 heterocycles. The first kappa shape index (κ1) is 19.1. The number of nitrogens with one attached hydrogen (secondary N) is 3. The highest BCUT2D eigenvalue weighted by Crippen LogP contribution is 2.34. The molecule has 2 amide bonds. The Balaban J connectivity index is 1.45. The molecule has 1 aliphatic rings. The second-order valence-electron chi connectivity index (χ2n) is 7.29. The summed E-state index contributed by atoms with van der Waals surface area (Å²) in [5, 5.41) is 5.97. The Bertz CT molecular complexity index is 1500. The lowest BCUT2D eigenvalue weighted by atomic mass is 10.2. The minimum atomic E-state index is -0.579. The molecule has 4 aromatic rings. The summed E-state index contributed by atoms with van der Waals surface area (Å²) >= 11 is 1.26. The van der Waals surface area contributed by atoms with Gasteiger partial charge >= 0.3 is 5.69 Å². The molecule has 1 aromatic carbocycles. The van der Waals surface area contributed by atoms with Crippen LogP contribution < -0.4 is 21.9 Å². The van der Waals surface area contributed by atoms with Gasteiger partial charge in [-0.1, -0.05) is 11.3 Å². The van der Waals surface area contributed by atoms with Crippen molar-refractivity contribution in [3.8, 4) is 0 Å². The number of rotatable bonds is 4. The normalized spacial score (nSPS) is 13.5. The Morgan fingerprint density at radius 3 is 2.74 bits per heavy atom. The van der Waals surface area contributed by atoms with Crippen LogP contribution in [0.5, 0.6) is 0 Å². The first-order chi connectivity index (χ1) is 14.9. The van der Waals surface area contributed by atoms with Crippen LogP contribution in [0.2, 0.25) is 0 Å². The molecule has 1 aliphatic carbocycles. The number of thiazole rings is 1. The van der Waals surface area contributed by atoms with E-state index in [0.29, 0.717) is 16.3 Å². The second kappa shape index (κ2) is 7.13. The predicted molar refractivity (Wildman–Crippen MR) is 117 cm³/mol. The molecule has 31 heavy (non-hydrogen) atoms. The van der Waals surface area contributed by atoms with Crippen molar-refractivity contribution >= 4 is 55.2 Å². The predicted octanol–water partition coefficient (Wildman–Crippen LogP) is 2.24. The van der Waals surface area contributed by atoms with Crippen LogP contribution in [0.3, 0.4) is 0 Å². The summed E-state index contributed by atoms with van der Waals surface area (Å²) < 4.78 is 2.27. The molecule has 0 atom stereocenters. The summed E-state index contributed by atoms with van der Waals surface area (Å²) in [7, 11) is 0. The topological polar surface area (TPSA) is 139 Å². The summed E-state index contributed by atoms with van der Waals surface area (Å²) in [6.45, 7) is 1.43. The molecule has 0 bridgehead atoms. The second-order valence-corrected chi connectivity index (χ2v) is 8.32. The van der Waals surface area contributed by atoms with Crippen LogP contribution in [-0.2, 0) is 4.79 Å². The van der Waals surface area contributed by atoms with Crippen molar-refractivity contribution in [1.29, 1.82) is 0 Å². The third-order valence-electron chi connectivity index (χ3n) is 4.88. The van der Waals surface area contributed by atoms with Gasteiger partial charge in [0.2, 0.25) is 5.91 Å². The van der Waals surface area contributed by atoms with Gasteiger partial charge < -0.3 is 5.32 Å². The Morgan fingerprint density at radius 2 is 2.00 bits per heavy atom. The molecule has 0 unspecified atom stereocenters. The molecule has 1 saturated carbocycles. The maximum absolute atomic E-state index is 12.7. The number of fused-ring (bicyclic) bond motifs is 2. The highest BCUT2D eigenvalue weighted by Gasteiger charge is 2.27. The molecule has 0 spiro atoms. The molecular weight excluding hydrogens is 420 g/mol. The van der Waals surface area contributed by atoms with Crippen molar-refractivity contribution < 1.29 is 9.59 Å². The standard InChI is InChI=1S/C20H16N6O4S/c1-9(27)22-11-2-5-14-15(7-11)31-19(23-14)24-17(28)10-6-13-16(21-8-10)26(12-3-4-12)20(30)25-18(13)29/h2,5-8,12H,3-4H2,1H3,(H,22,27)(H,23,24,28)(H,25,29,30). The molecule has 3 N–H and O–H groups in total. The summed E-state index contributed by atoms with van der Waals surface area (Å²) in [5.41, 5.74) is 0.704. The number of aromatic nitrogens is 4.